The highest BCUT2D eigenvalue weighted by molar-refractivity contribution is 7.03. The van der Waals surface area contributed by atoms with E-state index in [1.54, 1.807) is 5.38 Å². The Labute approximate surface area is 110 Å². The normalized spacial score (nSPS) is 10.7. The summed E-state index contributed by atoms with van der Waals surface area (Å²) in [5, 5.41) is 9.01. The molecular weight excluding hydrogens is 248 g/mol. The lowest BCUT2D eigenvalue weighted by Crippen LogP contribution is -2.23. The molecule has 2 heterocycles. The van der Waals surface area contributed by atoms with Crippen LogP contribution in [0.3, 0.4) is 0 Å². The molecule has 0 aliphatic rings. The van der Waals surface area contributed by atoms with Gasteiger partial charge in [-0.3, -0.25) is 9.48 Å². The number of nitrogens with zero attached hydrogens (tertiary/aromatic N) is 3. The Morgan fingerprint density at radius 1 is 1.39 bits per heavy atom. The Morgan fingerprint density at radius 2 is 2.11 bits per heavy atom. The van der Waals surface area contributed by atoms with E-state index in [9.17, 15) is 4.79 Å². The first-order valence-electron chi connectivity index (χ1n) is 5.69. The van der Waals surface area contributed by atoms with Gasteiger partial charge >= 0.3 is 0 Å². The van der Waals surface area contributed by atoms with E-state index >= 15 is 0 Å². The van der Waals surface area contributed by atoms with Crippen LogP contribution in [0.15, 0.2) is 5.38 Å². The fourth-order valence-corrected chi connectivity index (χ4v) is 2.54. The predicted molar refractivity (Wildman–Crippen MR) is 70.7 cm³/mol. The molecule has 1 N–H and O–H groups in total. The number of aryl methyl sites for hydroxylation is 3. The number of hydrogen-bond donors (Lipinski definition) is 1. The second kappa shape index (κ2) is 4.89. The van der Waals surface area contributed by atoms with Crippen molar-refractivity contribution in [2.75, 3.05) is 0 Å². The lowest BCUT2D eigenvalue weighted by Gasteiger charge is -2.05. The van der Waals surface area contributed by atoms with Gasteiger partial charge in [0.1, 0.15) is 0 Å². The monoisotopic (exact) mass is 264 g/mol. The van der Waals surface area contributed by atoms with Crippen LogP contribution in [0, 0.1) is 20.8 Å². The smallest absolute Gasteiger partial charge is 0.254 e. The van der Waals surface area contributed by atoms with E-state index in [0.29, 0.717) is 12.1 Å². The quantitative estimate of drug-likeness (QED) is 0.918. The molecular formula is C12H16N4OS. The molecule has 0 unspecified atom stereocenters. The molecule has 0 aliphatic carbocycles. The van der Waals surface area contributed by atoms with E-state index in [1.807, 2.05) is 32.5 Å². The summed E-state index contributed by atoms with van der Waals surface area (Å²) in [5.74, 6) is -0.0797. The molecule has 2 aromatic heterocycles. The number of amides is 1. The molecule has 5 nitrogen and oxygen atoms in total. The second-order valence-electron chi connectivity index (χ2n) is 4.27. The zero-order valence-corrected chi connectivity index (χ0v) is 11.8. The maximum absolute atomic E-state index is 12.0. The molecule has 0 atom stereocenters. The van der Waals surface area contributed by atoms with Gasteiger partial charge in [0.15, 0.2) is 0 Å². The molecule has 0 spiro atoms. The van der Waals surface area contributed by atoms with Crippen LogP contribution in [0.4, 0.5) is 0 Å². The molecule has 0 fully saturated rings. The second-order valence-corrected chi connectivity index (χ2v) is 4.90. The predicted octanol–water partition coefficient (Wildman–Crippen LogP) is 1.73. The van der Waals surface area contributed by atoms with E-state index in [4.69, 9.17) is 0 Å². The molecule has 18 heavy (non-hydrogen) atoms. The molecule has 0 bridgehead atoms. The SMILES string of the molecule is Cc1nscc1C(=O)NCc1c(C)nn(C)c1C. The van der Waals surface area contributed by atoms with E-state index in [1.165, 1.54) is 11.5 Å². The van der Waals surface area contributed by atoms with Crippen LogP contribution in [0.5, 0.6) is 0 Å². The van der Waals surface area contributed by atoms with E-state index in [0.717, 1.165) is 22.6 Å². The van der Waals surface area contributed by atoms with E-state index < -0.39 is 0 Å². The number of carbonyl (C=O) groups is 1. The highest BCUT2D eigenvalue weighted by Gasteiger charge is 2.13. The average molecular weight is 264 g/mol. The summed E-state index contributed by atoms with van der Waals surface area (Å²) in [4.78, 5) is 12.0. The van der Waals surface area contributed by atoms with Gasteiger partial charge in [-0.05, 0) is 32.3 Å². The molecule has 2 rings (SSSR count). The van der Waals surface area contributed by atoms with Gasteiger partial charge in [0, 0.05) is 30.2 Å². The summed E-state index contributed by atoms with van der Waals surface area (Å²) in [6.07, 6.45) is 0. The van der Waals surface area contributed by atoms with Crippen LogP contribution >= 0.6 is 11.5 Å². The maximum Gasteiger partial charge on any atom is 0.254 e. The van der Waals surface area contributed by atoms with Gasteiger partial charge < -0.3 is 5.32 Å². The Morgan fingerprint density at radius 3 is 2.61 bits per heavy atom. The number of aromatic nitrogens is 3. The van der Waals surface area contributed by atoms with Crippen molar-refractivity contribution in [2.45, 2.75) is 27.3 Å². The standard InChI is InChI=1S/C12H16N4OS/c1-7-10(9(3)16(4)14-7)5-13-12(17)11-6-18-15-8(11)2/h6H,5H2,1-4H3,(H,13,17). The Kier molecular flexibility index (Phi) is 3.47. The summed E-state index contributed by atoms with van der Waals surface area (Å²) < 4.78 is 5.92. The first kappa shape index (κ1) is 12.8. The molecule has 2 aromatic rings. The van der Waals surface area contributed by atoms with Gasteiger partial charge in [-0.15, -0.1) is 0 Å². The third kappa shape index (κ3) is 2.28. The van der Waals surface area contributed by atoms with E-state index in [-0.39, 0.29) is 5.91 Å². The van der Waals surface area contributed by atoms with Crippen LogP contribution < -0.4 is 5.32 Å². The Hall–Kier alpha value is -1.69. The third-order valence-electron chi connectivity index (χ3n) is 3.08. The summed E-state index contributed by atoms with van der Waals surface area (Å²) in [7, 11) is 1.90. The van der Waals surface area contributed by atoms with Crippen molar-refractivity contribution in [3.63, 3.8) is 0 Å². The van der Waals surface area contributed by atoms with Crippen molar-refractivity contribution in [1.29, 1.82) is 0 Å². The largest absolute Gasteiger partial charge is 0.348 e. The molecule has 0 radical (unpaired) electrons. The molecule has 6 heteroatoms. The van der Waals surface area contributed by atoms with Crippen molar-refractivity contribution in [2.24, 2.45) is 7.05 Å². The van der Waals surface area contributed by atoms with Crippen LogP contribution in [-0.2, 0) is 13.6 Å². The summed E-state index contributed by atoms with van der Waals surface area (Å²) in [5.41, 5.74) is 4.53. The maximum atomic E-state index is 12.0. The average Bonchev–Trinajstić information content (AvgIpc) is 2.83. The number of carbonyl (C=O) groups excluding carboxylic acids is 1. The van der Waals surface area contributed by atoms with Gasteiger partial charge in [0.25, 0.3) is 5.91 Å². The zero-order chi connectivity index (χ0) is 13.3. The molecule has 0 saturated heterocycles. The summed E-state index contributed by atoms with van der Waals surface area (Å²) >= 11 is 1.30. The van der Waals surface area contributed by atoms with Crippen molar-refractivity contribution in [1.82, 2.24) is 19.5 Å². The number of rotatable bonds is 3. The fraction of sp³-hybridized carbons (Fsp3) is 0.417. The lowest BCUT2D eigenvalue weighted by atomic mass is 10.2. The highest BCUT2D eigenvalue weighted by Crippen LogP contribution is 2.13. The minimum absolute atomic E-state index is 0.0797. The summed E-state index contributed by atoms with van der Waals surface area (Å²) in [6.45, 7) is 6.29. The number of hydrogen-bond acceptors (Lipinski definition) is 4. The fourth-order valence-electron chi connectivity index (χ4n) is 1.85. The molecule has 96 valence electrons. The van der Waals surface area contributed by atoms with Crippen molar-refractivity contribution < 1.29 is 4.79 Å². The van der Waals surface area contributed by atoms with Crippen molar-refractivity contribution >= 4 is 17.4 Å². The van der Waals surface area contributed by atoms with Crippen LogP contribution in [0.2, 0.25) is 0 Å². The van der Waals surface area contributed by atoms with Crippen molar-refractivity contribution in [3.8, 4) is 0 Å². The van der Waals surface area contributed by atoms with Crippen LogP contribution in [0.1, 0.15) is 33.0 Å². The number of nitrogens with one attached hydrogen (secondary N) is 1. The van der Waals surface area contributed by atoms with E-state index in [2.05, 4.69) is 14.8 Å². The topological polar surface area (TPSA) is 59.8 Å². The molecule has 0 aliphatic heterocycles. The Bertz CT molecular complexity index is 585. The van der Waals surface area contributed by atoms with Gasteiger partial charge in [0.05, 0.1) is 17.0 Å². The third-order valence-corrected chi connectivity index (χ3v) is 3.80. The van der Waals surface area contributed by atoms with Gasteiger partial charge in [0.2, 0.25) is 0 Å². The first-order valence-corrected chi connectivity index (χ1v) is 6.52. The lowest BCUT2D eigenvalue weighted by molar-refractivity contribution is 0.0950. The van der Waals surface area contributed by atoms with Crippen LogP contribution in [-0.4, -0.2) is 20.1 Å². The van der Waals surface area contributed by atoms with Gasteiger partial charge in [-0.25, -0.2) is 0 Å². The minimum atomic E-state index is -0.0797. The molecule has 1 amide bonds. The van der Waals surface area contributed by atoms with Crippen LogP contribution in [0.25, 0.3) is 0 Å². The minimum Gasteiger partial charge on any atom is -0.348 e. The summed E-state index contributed by atoms with van der Waals surface area (Å²) in [6, 6.07) is 0. The van der Waals surface area contributed by atoms with Crippen molar-refractivity contribution in [3.05, 3.63) is 33.6 Å². The highest BCUT2D eigenvalue weighted by atomic mass is 32.1. The molecule has 0 saturated carbocycles. The first-order chi connectivity index (χ1) is 8.50. The van der Waals surface area contributed by atoms with Gasteiger partial charge in [-0.1, -0.05) is 0 Å². The Balaban J connectivity index is 2.09. The zero-order valence-electron chi connectivity index (χ0n) is 10.9. The molecule has 0 aromatic carbocycles. The van der Waals surface area contributed by atoms with Gasteiger partial charge in [-0.2, -0.15) is 9.47 Å².